The molecule has 0 spiro atoms. The van der Waals surface area contributed by atoms with Crippen molar-refractivity contribution in [3.05, 3.63) is 22.4 Å². The summed E-state index contributed by atoms with van der Waals surface area (Å²) < 4.78 is 5.67. The minimum Gasteiger partial charge on any atom is -0.378 e. The van der Waals surface area contributed by atoms with Gasteiger partial charge in [0.2, 0.25) is 0 Å². The van der Waals surface area contributed by atoms with Gasteiger partial charge in [0, 0.05) is 12.6 Å². The van der Waals surface area contributed by atoms with Gasteiger partial charge in [0.15, 0.2) is 0 Å². The molecular weight excluding hydrogens is 194 g/mol. The van der Waals surface area contributed by atoms with Crippen LogP contribution in [0.15, 0.2) is 16.8 Å². The van der Waals surface area contributed by atoms with E-state index < -0.39 is 0 Å². The zero-order valence-corrected chi connectivity index (χ0v) is 9.13. The third kappa shape index (κ3) is 2.56. The van der Waals surface area contributed by atoms with Gasteiger partial charge in [-0.3, -0.25) is 0 Å². The Bertz CT molecular complexity index is 254. The summed E-state index contributed by atoms with van der Waals surface area (Å²) in [4.78, 5) is 0. The van der Waals surface area contributed by atoms with Crippen molar-refractivity contribution >= 4 is 11.3 Å². The van der Waals surface area contributed by atoms with Gasteiger partial charge in [-0.2, -0.15) is 11.3 Å². The first-order valence-electron chi connectivity index (χ1n) is 5.25. The monoisotopic (exact) mass is 211 g/mol. The summed E-state index contributed by atoms with van der Waals surface area (Å²) in [5, 5.41) is 4.21. The summed E-state index contributed by atoms with van der Waals surface area (Å²) >= 11 is 1.71. The van der Waals surface area contributed by atoms with Gasteiger partial charge in [-0.15, -0.1) is 0 Å². The summed E-state index contributed by atoms with van der Waals surface area (Å²) in [6.45, 7) is 0.918. The Balaban J connectivity index is 1.84. The highest BCUT2D eigenvalue weighted by atomic mass is 32.1. The van der Waals surface area contributed by atoms with Crippen LogP contribution in [0.5, 0.6) is 0 Å². The molecule has 2 atom stereocenters. The fraction of sp³-hybridized carbons (Fsp3) is 0.636. The second-order valence-electron chi connectivity index (χ2n) is 3.89. The zero-order chi connectivity index (χ0) is 9.80. The average molecular weight is 211 g/mol. The van der Waals surface area contributed by atoms with Gasteiger partial charge >= 0.3 is 0 Å². The number of rotatable bonds is 3. The van der Waals surface area contributed by atoms with Crippen LogP contribution in [-0.2, 0) is 4.74 Å². The standard InChI is InChI=1S/C11H17NOS/c12-11(9-4-6-14-8-9)7-10-3-1-2-5-13-10/h4,6,8,10-11H,1-3,5,7,12H2. The van der Waals surface area contributed by atoms with Gasteiger partial charge < -0.3 is 10.5 Å². The number of hydrogen-bond acceptors (Lipinski definition) is 3. The summed E-state index contributed by atoms with van der Waals surface area (Å²) in [5.41, 5.74) is 7.35. The molecule has 3 heteroatoms. The highest BCUT2D eigenvalue weighted by Crippen LogP contribution is 2.24. The van der Waals surface area contributed by atoms with E-state index in [9.17, 15) is 0 Å². The lowest BCUT2D eigenvalue weighted by Crippen LogP contribution is -2.24. The third-order valence-electron chi connectivity index (χ3n) is 2.76. The fourth-order valence-corrected chi connectivity index (χ4v) is 2.62. The molecule has 1 fully saturated rings. The van der Waals surface area contributed by atoms with Crippen molar-refractivity contribution < 1.29 is 4.74 Å². The van der Waals surface area contributed by atoms with Gasteiger partial charge in [-0.25, -0.2) is 0 Å². The first kappa shape index (κ1) is 10.1. The van der Waals surface area contributed by atoms with Crippen LogP contribution in [0, 0.1) is 0 Å². The molecule has 2 rings (SSSR count). The second kappa shape index (κ2) is 4.91. The molecule has 1 saturated heterocycles. The third-order valence-corrected chi connectivity index (χ3v) is 3.46. The lowest BCUT2D eigenvalue weighted by Gasteiger charge is -2.24. The second-order valence-corrected chi connectivity index (χ2v) is 4.67. The maximum Gasteiger partial charge on any atom is 0.0593 e. The first-order chi connectivity index (χ1) is 6.86. The van der Waals surface area contributed by atoms with Crippen molar-refractivity contribution in [1.29, 1.82) is 0 Å². The molecule has 1 aliphatic heterocycles. The van der Waals surface area contributed by atoms with Crippen LogP contribution in [0.3, 0.4) is 0 Å². The number of ether oxygens (including phenoxy) is 1. The van der Waals surface area contributed by atoms with Crippen LogP contribution in [0.25, 0.3) is 0 Å². The van der Waals surface area contributed by atoms with Crippen LogP contribution in [0.4, 0.5) is 0 Å². The minimum absolute atomic E-state index is 0.157. The SMILES string of the molecule is NC(CC1CCCCO1)c1ccsc1. The molecule has 14 heavy (non-hydrogen) atoms. The quantitative estimate of drug-likeness (QED) is 0.834. The normalized spacial score (nSPS) is 24.8. The molecule has 2 heterocycles. The van der Waals surface area contributed by atoms with Crippen molar-refractivity contribution in [3.63, 3.8) is 0 Å². The van der Waals surface area contributed by atoms with Gasteiger partial charge in [-0.05, 0) is 48.1 Å². The first-order valence-corrected chi connectivity index (χ1v) is 6.20. The van der Waals surface area contributed by atoms with Crippen LogP contribution in [0.2, 0.25) is 0 Å². The number of thiophene rings is 1. The van der Waals surface area contributed by atoms with E-state index in [0.29, 0.717) is 6.10 Å². The summed E-state index contributed by atoms with van der Waals surface area (Å²) in [6, 6.07) is 2.27. The molecule has 1 aromatic heterocycles. The van der Waals surface area contributed by atoms with E-state index in [1.165, 1.54) is 24.8 Å². The molecule has 0 aromatic carbocycles. The summed E-state index contributed by atoms with van der Waals surface area (Å²) in [6.07, 6.45) is 5.04. The molecular formula is C11H17NOS. The Labute approximate surface area is 89.1 Å². The number of nitrogens with two attached hydrogens (primary N) is 1. The largest absolute Gasteiger partial charge is 0.378 e. The van der Waals surface area contributed by atoms with Gasteiger partial charge in [-0.1, -0.05) is 0 Å². The van der Waals surface area contributed by atoms with Crippen LogP contribution >= 0.6 is 11.3 Å². The molecule has 1 aliphatic rings. The molecule has 0 aliphatic carbocycles. The van der Waals surface area contributed by atoms with Crippen LogP contribution in [0.1, 0.15) is 37.3 Å². The van der Waals surface area contributed by atoms with Gasteiger partial charge in [0.1, 0.15) is 0 Å². The molecule has 78 valence electrons. The average Bonchev–Trinajstić information content (AvgIpc) is 2.72. The van der Waals surface area contributed by atoms with E-state index in [-0.39, 0.29) is 6.04 Å². The Kier molecular flexibility index (Phi) is 3.56. The molecule has 0 radical (unpaired) electrons. The highest BCUT2D eigenvalue weighted by Gasteiger charge is 2.18. The molecule has 1 aromatic rings. The molecule has 2 unspecified atom stereocenters. The van der Waals surface area contributed by atoms with Crippen molar-refractivity contribution in [2.45, 2.75) is 37.8 Å². The van der Waals surface area contributed by atoms with Crippen molar-refractivity contribution in [3.8, 4) is 0 Å². The summed E-state index contributed by atoms with van der Waals surface area (Å²) in [7, 11) is 0. The highest BCUT2D eigenvalue weighted by molar-refractivity contribution is 7.07. The Morgan fingerprint density at radius 1 is 1.57 bits per heavy atom. The predicted octanol–water partition coefficient (Wildman–Crippen LogP) is 2.71. The topological polar surface area (TPSA) is 35.2 Å². The van der Waals surface area contributed by atoms with Crippen LogP contribution in [-0.4, -0.2) is 12.7 Å². The smallest absolute Gasteiger partial charge is 0.0593 e. The lowest BCUT2D eigenvalue weighted by atomic mass is 9.99. The van der Waals surface area contributed by atoms with E-state index in [1.807, 2.05) is 0 Å². The predicted molar refractivity (Wildman–Crippen MR) is 59.5 cm³/mol. The zero-order valence-electron chi connectivity index (χ0n) is 8.32. The van der Waals surface area contributed by atoms with Crippen molar-refractivity contribution in [2.75, 3.05) is 6.61 Å². The minimum atomic E-state index is 0.157. The number of hydrogen-bond donors (Lipinski definition) is 1. The van der Waals surface area contributed by atoms with E-state index in [2.05, 4.69) is 16.8 Å². The maximum atomic E-state index is 6.10. The van der Waals surface area contributed by atoms with E-state index >= 15 is 0 Å². The molecule has 0 amide bonds. The Hall–Kier alpha value is -0.380. The van der Waals surface area contributed by atoms with E-state index in [4.69, 9.17) is 10.5 Å². The van der Waals surface area contributed by atoms with Crippen LogP contribution < -0.4 is 5.73 Å². The van der Waals surface area contributed by atoms with Crippen molar-refractivity contribution in [2.24, 2.45) is 5.73 Å². The van der Waals surface area contributed by atoms with Crippen molar-refractivity contribution in [1.82, 2.24) is 0 Å². The fourth-order valence-electron chi connectivity index (χ4n) is 1.90. The summed E-state index contributed by atoms with van der Waals surface area (Å²) in [5.74, 6) is 0. The molecule has 0 saturated carbocycles. The lowest BCUT2D eigenvalue weighted by molar-refractivity contribution is 0.00731. The molecule has 2 N–H and O–H groups in total. The Morgan fingerprint density at radius 2 is 2.50 bits per heavy atom. The van der Waals surface area contributed by atoms with Gasteiger partial charge in [0.25, 0.3) is 0 Å². The Morgan fingerprint density at radius 3 is 3.14 bits per heavy atom. The molecule has 0 bridgehead atoms. The molecule has 2 nitrogen and oxygen atoms in total. The van der Waals surface area contributed by atoms with E-state index in [1.54, 1.807) is 11.3 Å². The van der Waals surface area contributed by atoms with Gasteiger partial charge in [0.05, 0.1) is 6.10 Å². The van der Waals surface area contributed by atoms with E-state index in [0.717, 1.165) is 13.0 Å². The maximum absolute atomic E-state index is 6.10.